The Kier molecular flexibility index (Phi) is 5.73. The van der Waals surface area contributed by atoms with E-state index in [0.717, 1.165) is 33.2 Å². The molecule has 1 N–H and O–H groups in total. The third-order valence-electron chi connectivity index (χ3n) is 6.03. The fourth-order valence-corrected chi connectivity index (χ4v) is 5.61. The van der Waals surface area contributed by atoms with Crippen molar-refractivity contribution in [3.63, 3.8) is 0 Å². The van der Waals surface area contributed by atoms with E-state index in [1.54, 1.807) is 24.3 Å². The maximum absolute atomic E-state index is 13.3. The Hall–Kier alpha value is -2.90. The summed E-state index contributed by atoms with van der Waals surface area (Å²) in [5, 5.41) is 1.09. The van der Waals surface area contributed by atoms with Gasteiger partial charge in [0.15, 0.2) is 0 Å². The summed E-state index contributed by atoms with van der Waals surface area (Å²) in [6.45, 7) is 4.43. The Morgan fingerprint density at radius 2 is 1.90 bits per heavy atom. The third kappa shape index (κ3) is 4.16. The topological polar surface area (TPSA) is 79.5 Å². The standard InChI is InChI=1S/C24H26N2O4S/c1-16-4-7-21(8-5-16)31(28,29)26-14-20(13-24(27)30-3)22(15-26)17(2)18-6-9-23-19(12-18)10-11-25-23/h4-12,20,25H,13-15H2,1-3H3/b22-17-/t20-/m0/s1. The highest BCUT2D eigenvalue weighted by Gasteiger charge is 2.38. The molecule has 0 bridgehead atoms. The van der Waals surface area contributed by atoms with E-state index in [2.05, 4.69) is 11.1 Å². The SMILES string of the molecule is COC(=O)C[C@H]1CN(S(=O)(=O)c2ccc(C)cc2)C/C1=C(\C)c1ccc2[nH]ccc2c1. The number of hydrogen-bond acceptors (Lipinski definition) is 4. The van der Waals surface area contributed by atoms with E-state index in [9.17, 15) is 13.2 Å². The second kappa shape index (κ2) is 8.32. The number of methoxy groups -OCH3 is 1. The van der Waals surface area contributed by atoms with Gasteiger partial charge in [-0.1, -0.05) is 23.8 Å². The lowest BCUT2D eigenvalue weighted by Gasteiger charge is -2.16. The van der Waals surface area contributed by atoms with Crippen molar-refractivity contribution in [3.8, 4) is 0 Å². The number of sulfonamides is 1. The van der Waals surface area contributed by atoms with Crippen LogP contribution in [0.4, 0.5) is 0 Å². The van der Waals surface area contributed by atoms with Crippen LogP contribution in [0.2, 0.25) is 0 Å². The molecule has 162 valence electrons. The number of nitrogens with zero attached hydrogens (tertiary/aromatic N) is 1. The van der Waals surface area contributed by atoms with Gasteiger partial charge >= 0.3 is 5.97 Å². The van der Waals surface area contributed by atoms with Gasteiger partial charge in [-0.2, -0.15) is 4.31 Å². The number of benzene rings is 2. The van der Waals surface area contributed by atoms with Crippen LogP contribution >= 0.6 is 0 Å². The summed E-state index contributed by atoms with van der Waals surface area (Å²) in [6.07, 6.45) is 2.04. The van der Waals surface area contributed by atoms with Gasteiger partial charge in [-0.3, -0.25) is 4.79 Å². The zero-order valence-corrected chi connectivity index (χ0v) is 18.7. The number of nitrogens with one attached hydrogen (secondary N) is 1. The molecular formula is C24H26N2O4S. The predicted octanol–water partition coefficient (Wildman–Crippen LogP) is 4.13. The van der Waals surface area contributed by atoms with Gasteiger partial charge in [0.25, 0.3) is 0 Å². The number of carbonyl (C=O) groups is 1. The second-order valence-electron chi connectivity index (χ2n) is 8.02. The highest BCUT2D eigenvalue weighted by molar-refractivity contribution is 7.89. The molecule has 1 aromatic heterocycles. The zero-order valence-electron chi connectivity index (χ0n) is 17.9. The Balaban J connectivity index is 1.73. The van der Waals surface area contributed by atoms with Crippen molar-refractivity contribution in [1.82, 2.24) is 9.29 Å². The number of carbonyl (C=O) groups excluding carboxylic acids is 1. The van der Waals surface area contributed by atoms with Gasteiger partial charge in [0.05, 0.1) is 18.4 Å². The molecule has 0 spiro atoms. The minimum atomic E-state index is -3.66. The van der Waals surface area contributed by atoms with Crippen LogP contribution in [0, 0.1) is 12.8 Å². The van der Waals surface area contributed by atoms with E-state index in [4.69, 9.17) is 4.74 Å². The number of aromatic amines is 1. The Morgan fingerprint density at radius 1 is 1.16 bits per heavy atom. The van der Waals surface area contributed by atoms with Crippen LogP contribution in [0.25, 0.3) is 16.5 Å². The van der Waals surface area contributed by atoms with Crippen LogP contribution in [-0.4, -0.2) is 43.9 Å². The molecule has 0 radical (unpaired) electrons. The number of H-pyrrole nitrogens is 1. The van der Waals surface area contributed by atoms with Crippen molar-refractivity contribution in [2.24, 2.45) is 5.92 Å². The number of esters is 1. The molecule has 1 saturated heterocycles. The number of allylic oxidation sites excluding steroid dienone is 1. The first-order valence-corrected chi connectivity index (χ1v) is 11.6. The van der Waals surface area contributed by atoms with Crippen LogP contribution in [0.1, 0.15) is 24.5 Å². The lowest BCUT2D eigenvalue weighted by molar-refractivity contribution is -0.141. The summed E-state index contributed by atoms with van der Waals surface area (Å²) >= 11 is 0. The van der Waals surface area contributed by atoms with Crippen LogP contribution in [-0.2, 0) is 19.6 Å². The lowest BCUT2D eigenvalue weighted by Crippen LogP contribution is -2.29. The molecular weight excluding hydrogens is 412 g/mol. The van der Waals surface area contributed by atoms with Crippen molar-refractivity contribution < 1.29 is 17.9 Å². The second-order valence-corrected chi connectivity index (χ2v) is 9.96. The first-order chi connectivity index (χ1) is 14.8. The van der Waals surface area contributed by atoms with Gasteiger partial charge in [-0.05, 0) is 66.3 Å². The molecule has 2 aromatic carbocycles. The first-order valence-electron chi connectivity index (χ1n) is 10.2. The van der Waals surface area contributed by atoms with E-state index < -0.39 is 10.0 Å². The molecule has 0 aliphatic carbocycles. The van der Waals surface area contributed by atoms with E-state index in [1.165, 1.54) is 11.4 Å². The molecule has 0 amide bonds. The summed E-state index contributed by atoms with van der Waals surface area (Å²) < 4.78 is 32.9. The van der Waals surface area contributed by atoms with E-state index >= 15 is 0 Å². The Labute approximate surface area is 182 Å². The molecule has 0 saturated carbocycles. The first kappa shape index (κ1) is 21.3. The van der Waals surface area contributed by atoms with Crippen LogP contribution < -0.4 is 0 Å². The van der Waals surface area contributed by atoms with Crippen molar-refractivity contribution in [1.29, 1.82) is 0 Å². The quantitative estimate of drug-likeness (QED) is 0.608. The highest BCUT2D eigenvalue weighted by atomic mass is 32.2. The molecule has 3 aromatic rings. The fraction of sp³-hybridized carbons (Fsp3) is 0.292. The van der Waals surface area contributed by atoms with Gasteiger partial charge in [-0.25, -0.2) is 8.42 Å². The molecule has 31 heavy (non-hydrogen) atoms. The minimum absolute atomic E-state index is 0.148. The summed E-state index contributed by atoms with van der Waals surface area (Å²) in [4.78, 5) is 15.5. The van der Waals surface area contributed by atoms with E-state index in [1.807, 2.05) is 38.2 Å². The monoisotopic (exact) mass is 438 g/mol. The van der Waals surface area contributed by atoms with Gasteiger partial charge < -0.3 is 9.72 Å². The fourth-order valence-electron chi connectivity index (χ4n) is 4.15. The summed E-state index contributed by atoms with van der Waals surface area (Å²) in [6, 6.07) is 15.0. The highest BCUT2D eigenvalue weighted by Crippen LogP contribution is 2.36. The number of rotatable bonds is 5. The Bertz CT molecular complexity index is 1260. The van der Waals surface area contributed by atoms with Crippen molar-refractivity contribution in [3.05, 3.63) is 71.4 Å². The van der Waals surface area contributed by atoms with Crippen molar-refractivity contribution >= 4 is 32.5 Å². The van der Waals surface area contributed by atoms with E-state index in [0.29, 0.717) is 0 Å². The smallest absolute Gasteiger partial charge is 0.306 e. The van der Waals surface area contributed by atoms with Crippen LogP contribution in [0.15, 0.2) is 65.2 Å². The lowest BCUT2D eigenvalue weighted by atomic mass is 9.91. The maximum Gasteiger partial charge on any atom is 0.306 e. The molecule has 1 fully saturated rings. The maximum atomic E-state index is 13.3. The molecule has 0 unspecified atom stereocenters. The number of aromatic nitrogens is 1. The van der Waals surface area contributed by atoms with Gasteiger partial charge in [0.2, 0.25) is 10.0 Å². The average molecular weight is 439 g/mol. The zero-order chi connectivity index (χ0) is 22.2. The molecule has 6 nitrogen and oxygen atoms in total. The summed E-state index contributed by atoms with van der Waals surface area (Å²) in [5.74, 6) is -0.569. The number of hydrogen-bond donors (Lipinski definition) is 1. The number of aryl methyl sites for hydroxylation is 1. The molecule has 1 aliphatic heterocycles. The molecule has 1 atom stereocenters. The largest absolute Gasteiger partial charge is 0.469 e. The predicted molar refractivity (Wildman–Crippen MR) is 121 cm³/mol. The molecule has 7 heteroatoms. The third-order valence-corrected chi connectivity index (χ3v) is 7.86. The number of ether oxygens (including phenoxy) is 1. The van der Waals surface area contributed by atoms with E-state index in [-0.39, 0.29) is 36.3 Å². The molecule has 1 aliphatic rings. The van der Waals surface area contributed by atoms with Crippen molar-refractivity contribution in [2.45, 2.75) is 25.2 Å². The van der Waals surface area contributed by atoms with Gasteiger partial charge in [-0.15, -0.1) is 0 Å². The summed E-state index contributed by atoms with van der Waals surface area (Å²) in [5.41, 5.74) is 5.02. The molecule has 4 rings (SSSR count). The minimum Gasteiger partial charge on any atom is -0.469 e. The number of fused-ring (bicyclic) bond motifs is 1. The van der Waals surface area contributed by atoms with Crippen molar-refractivity contribution in [2.75, 3.05) is 20.2 Å². The van der Waals surface area contributed by atoms with Crippen LogP contribution in [0.3, 0.4) is 0 Å². The van der Waals surface area contributed by atoms with Crippen LogP contribution in [0.5, 0.6) is 0 Å². The average Bonchev–Trinajstić information content (AvgIpc) is 3.40. The van der Waals surface area contributed by atoms with Gasteiger partial charge in [0.1, 0.15) is 0 Å². The molecule has 2 heterocycles. The summed E-state index contributed by atoms with van der Waals surface area (Å²) in [7, 11) is -2.31. The van der Waals surface area contributed by atoms with Gasteiger partial charge in [0, 0.05) is 30.7 Å². The normalized spacial score (nSPS) is 19.0. The Morgan fingerprint density at radius 3 is 2.61 bits per heavy atom.